The lowest BCUT2D eigenvalue weighted by atomic mass is 10.2. The predicted molar refractivity (Wildman–Crippen MR) is 52.8 cm³/mol. The van der Waals surface area contributed by atoms with Crippen molar-refractivity contribution in [3.8, 4) is 0 Å². The second-order valence-corrected chi connectivity index (χ2v) is 3.57. The van der Waals surface area contributed by atoms with Crippen molar-refractivity contribution in [2.75, 3.05) is 6.61 Å². The first-order chi connectivity index (χ1) is 7.47. The Morgan fingerprint density at radius 2 is 2.25 bits per heavy atom. The fourth-order valence-corrected chi connectivity index (χ4v) is 1.34. The van der Waals surface area contributed by atoms with E-state index in [2.05, 4.69) is 25.7 Å². The van der Waals surface area contributed by atoms with Crippen molar-refractivity contribution in [2.45, 2.75) is 13.3 Å². The molecule has 1 aromatic rings. The Bertz CT molecular complexity index is 412. The maximum atomic E-state index is 12.9. The lowest BCUT2D eigenvalue weighted by Gasteiger charge is -2.08. The van der Waals surface area contributed by atoms with Crippen molar-refractivity contribution in [3.63, 3.8) is 0 Å². The standard InChI is InChI=1S/C9H7BrF3NO2/c1-2-16-9(15)4-3-5(10)8(13)14-6(4)7(11)12/h3,7H,2H2,1H3. The van der Waals surface area contributed by atoms with Crippen molar-refractivity contribution < 1.29 is 22.7 Å². The number of hydrogen-bond donors (Lipinski definition) is 0. The molecule has 0 bridgehead atoms. The summed E-state index contributed by atoms with van der Waals surface area (Å²) in [5, 5.41) is 0. The average Bonchev–Trinajstić information content (AvgIpc) is 2.21. The number of hydrogen-bond acceptors (Lipinski definition) is 3. The smallest absolute Gasteiger partial charge is 0.340 e. The summed E-state index contributed by atoms with van der Waals surface area (Å²) in [6.45, 7) is 1.57. The van der Waals surface area contributed by atoms with Gasteiger partial charge in [0.1, 0.15) is 5.69 Å². The van der Waals surface area contributed by atoms with Gasteiger partial charge in [0, 0.05) is 0 Å². The molecule has 7 heteroatoms. The van der Waals surface area contributed by atoms with E-state index in [0.29, 0.717) is 0 Å². The van der Waals surface area contributed by atoms with Gasteiger partial charge >= 0.3 is 5.97 Å². The van der Waals surface area contributed by atoms with Crippen LogP contribution in [0, 0.1) is 5.95 Å². The maximum absolute atomic E-state index is 12.9. The van der Waals surface area contributed by atoms with Crippen molar-refractivity contribution in [3.05, 3.63) is 27.7 Å². The Kier molecular flexibility index (Phi) is 4.28. The molecule has 0 aliphatic rings. The molecular formula is C9H7BrF3NO2. The third-order valence-corrected chi connectivity index (χ3v) is 2.22. The highest BCUT2D eigenvalue weighted by molar-refractivity contribution is 9.10. The van der Waals surface area contributed by atoms with E-state index >= 15 is 0 Å². The Hall–Kier alpha value is -1.11. The number of esters is 1. The van der Waals surface area contributed by atoms with Crippen molar-refractivity contribution in [1.29, 1.82) is 0 Å². The largest absolute Gasteiger partial charge is 0.462 e. The van der Waals surface area contributed by atoms with Gasteiger partial charge < -0.3 is 4.74 Å². The van der Waals surface area contributed by atoms with Crippen molar-refractivity contribution >= 4 is 21.9 Å². The van der Waals surface area contributed by atoms with E-state index in [1.165, 1.54) is 6.92 Å². The maximum Gasteiger partial charge on any atom is 0.340 e. The Balaban J connectivity index is 3.24. The Morgan fingerprint density at radius 3 is 2.75 bits per heavy atom. The normalized spacial score (nSPS) is 10.6. The van der Waals surface area contributed by atoms with Gasteiger partial charge in [-0.2, -0.15) is 4.39 Å². The minimum absolute atomic E-state index is 0.0382. The molecule has 0 N–H and O–H groups in total. The zero-order chi connectivity index (χ0) is 12.3. The molecule has 0 aliphatic heterocycles. The van der Waals surface area contributed by atoms with Crippen LogP contribution in [0.2, 0.25) is 0 Å². The highest BCUT2D eigenvalue weighted by atomic mass is 79.9. The minimum Gasteiger partial charge on any atom is -0.462 e. The van der Waals surface area contributed by atoms with Gasteiger partial charge in [-0.05, 0) is 28.9 Å². The summed E-state index contributed by atoms with van der Waals surface area (Å²) in [5.41, 5.74) is -1.36. The van der Waals surface area contributed by atoms with Gasteiger partial charge in [-0.1, -0.05) is 0 Å². The van der Waals surface area contributed by atoms with Gasteiger partial charge in [0.05, 0.1) is 16.6 Å². The van der Waals surface area contributed by atoms with E-state index in [1.807, 2.05) is 0 Å². The van der Waals surface area contributed by atoms with Gasteiger partial charge in [-0.3, -0.25) is 0 Å². The predicted octanol–water partition coefficient (Wildman–Crippen LogP) is 3.10. The van der Waals surface area contributed by atoms with Gasteiger partial charge in [-0.15, -0.1) is 0 Å². The topological polar surface area (TPSA) is 39.2 Å². The molecule has 1 rings (SSSR count). The van der Waals surface area contributed by atoms with Crippen LogP contribution in [0.25, 0.3) is 0 Å². The van der Waals surface area contributed by atoms with E-state index in [1.54, 1.807) is 0 Å². The van der Waals surface area contributed by atoms with Crippen LogP contribution >= 0.6 is 15.9 Å². The number of carbonyl (C=O) groups is 1. The molecule has 0 saturated heterocycles. The van der Waals surface area contributed by atoms with Crippen molar-refractivity contribution in [1.82, 2.24) is 4.98 Å². The molecule has 0 amide bonds. The zero-order valence-corrected chi connectivity index (χ0v) is 9.72. The lowest BCUT2D eigenvalue weighted by Crippen LogP contribution is -2.11. The van der Waals surface area contributed by atoms with Gasteiger partial charge in [0.15, 0.2) is 0 Å². The van der Waals surface area contributed by atoms with E-state index < -0.39 is 29.6 Å². The first-order valence-corrected chi connectivity index (χ1v) is 5.07. The monoisotopic (exact) mass is 297 g/mol. The number of nitrogens with zero attached hydrogens (tertiary/aromatic N) is 1. The fourth-order valence-electron chi connectivity index (χ4n) is 1.02. The summed E-state index contributed by atoms with van der Waals surface area (Å²) < 4.78 is 42.3. The van der Waals surface area contributed by atoms with Crippen LogP contribution in [0.5, 0.6) is 0 Å². The molecule has 0 radical (unpaired) electrons. The third-order valence-electron chi connectivity index (χ3n) is 1.66. The number of halogens is 4. The van der Waals surface area contributed by atoms with Crippen LogP contribution in [0.15, 0.2) is 10.5 Å². The second kappa shape index (κ2) is 5.29. The molecule has 0 saturated carbocycles. The molecule has 0 spiro atoms. The first-order valence-electron chi connectivity index (χ1n) is 4.28. The fraction of sp³-hybridized carbons (Fsp3) is 0.333. The summed E-state index contributed by atoms with van der Waals surface area (Å²) in [4.78, 5) is 14.3. The average molecular weight is 298 g/mol. The Morgan fingerprint density at radius 1 is 1.62 bits per heavy atom. The first kappa shape index (κ1) is 13.0. The number of carbonyl (C=O) groups excluding carboxylic acids is 1. The number of rotatable bonds is 3. The van der Waals surface area contributed by atoms with Crippen LogP contribution in [-0.4, -0.2) is 17.6 Å². The molecular weight excluding hydrogens is 291 g/mol. The van der Waals surface area contributed by atoms with Crippen LogP contribution in [0.1, 0.15) is 29.4 Å². The molecule has 1 aromatic heterocycles. The van der Waals surface area contributed by atoms with Gasteiger partial charge in [0.25, 0.3) is 6.43 Å². The molecule has 0 fully saturated rings. The van der Waals surface area contributed by atoms with Gasteiger partial charge in [-0.25, -0.2) is 18.6 Å². The lowest BCUT2D eigenvalue weighted by molar-refractivity contribution is 0.0513. The van der Waals surface area contributed by atoms with Crippen LogP contribution < -0.4 is 0 Å². The number of ether oxygens (including phenoxy) is 1. The summed E-state index contributed by atoms with van der Waals surface area (Å²) in [7, 11) is 0. The quantitative estimate of drug-likeness (QED) is 0.636. The molecule has 88 valence electrons. The van der Waals surface area contributed by atoms with E-state index in [9.17, 15) is 18.0 Å². The van der Waals surface area contributed by atoms with Crippen LogP contribution in [-0.2, 0) is 4.74 Å². The molecule has 16 heavy (non-hydrogen) atoms. The summed E-state index contributed by atoms with van der Waals surface area (Å²) >= 11 is 2.76. The van der Waals surface area contributed by atoms with Crippen molar-refractivity contribution in [2.24, 2.45) is 0 Å². The van der Waals surface area contributed by atoms with Gasteiger partial charge in [0.2, 0.25) is 5.95 Å². The highest BCUT2D eigenvalue weighted by Crippen LogP contribution is 2.25. The van der Waals surface area contributed by atoms with E-state index in [-0.39, 0.29) is 11.1 Å². The summed E-state index contributed by atoms with van der Waals surface area (Å²) in [6, 6.07) is 0.932. The zero-order valence-electron chi connectivity index (χ0n) is 8.14. The van der Waals surface area contributed by atoms with Crippen LogP contribution in [0.4, 0.5) is 13.2 Å². The molecule has 1 heterocycles. The number of pyridine rings is 1. The van der Waals surface area contributed by atoms with E-state index in [4.69, 9.17) is 0 Å². The molecule has 0 aromatic carbocycles. The summed E-state index contributed by atoms with van der Waals surface area (Å²) in [6.07, 6.45) is -3.04. The Labute approximate surface area is 97.8 Å². The highest BCUT2D eigenvalue weighted by Gasteiger charge is 2.23. The molecule has 0 aliphatic carbocycles. The summed E-state index contributed by atoms with van der Waals surface area (Å²) in [5.74, 6) is -2.05. The molecule has 0 unspecified atom stereocenters. The number of aromatic nitrogens is 1. The molecule has 0 atom stereocenters. The van der Waals surface area contributed by atoms with Crippen LogP contribution in [0.3, 0.4) is 0 Å². The minimum atomic E-state index is -3.04. The SMILES string of the molecule is CCOC(=O)c1cc(Br)c(F)nc1C(F)F. The number of alkyl halides is 2. The second-order valence-electron chi connectivity index (χ2n) is 2.71. The molecule has 3 nitrogen and oxygen atoms in total. The van der Waals surface area contributed by atoms with E-state index in [0.717, 1.165) is 6.07 Å². The third kappa shape index (κ3) is 2.72.